The standard InChI is InChI=1S/C22H24N6O3/c1-14(2)13-19-22(29)25(15-7-9-16(10-8-15)28(30)31)20-11-12-21(26(19)20)27-18-6-4-3-5-17(18)23-24-27/h3-10,14,19-21H,11-13H2,1-2H3/t19-,20-,21+/m0/s1. The maximum Gasteiger partial charge on any atom is 0.269 e. The quantitative estimate of drug-likeness (QED) is 0.461. The summed E-state index contributed by atoms with van der Waals surface area (Å²) in [6.07, 6.45) is 2.22. The summed E-state index contributed by atoms with van der Waals surface area (Å²) in [6.45, 7) is 4.24. The molecule has 9 nitrogen and oxygen atoms in total. The van der Waals surface area contributed by atoms with Crippen molar-refractivity contribution in [2.75, 3.05) is 4.90 Å². The first kappa shape index (κ1) is 19.6. The fourth-order valence-electron chi connectivity index (χ4n) is 4.97. The van der Waals surface area contributed by atoms with Gasteiger partial charge in [0.25, 0.3) is 5.69 Å². The molecular weight excluding hydrogens is 396 g/mol. The van der Waals surface area contributed by atoms with Gasteiger partial charge in [0, 0.05) is 17.8 Å². The highest BCUT2D eigenvalue weighted by Gasteiger charge is 2.53. The van der Waals surface area contributed by atoms with E-state index >= 15 is 0 Å². The monoisotopic (exact) mass is 420 g/mol. The lowest BCUT2D eigenvalue weighted by Crippen LogP contribution is -2.39. The molecule has 2 aliphatic rings. The van der Waals surface area contributed by atoms with Crippen LogP contribution in [0.3, 0.4) is 0 Å². The van der Waals surface area contributed by atoms with Crippen molar-refractivity contribution in [1.29, 1.82) is 0 Å². The molecule has 160 valence electrons. The molecule has 0 radical (unpaired) electrons. The predicted molar refractivity (Wildman–Crippen MR) is 115 cm³/mol. The molecule has 1 amide bonds. The number of non-ortho nitro benzene ring substituents is 1. The van der Waals surface area contributed by atoms with Gasteiger partial charge < -0.3 is 0 Å². The van der Waals surface area contributed by atoms with Gasteiger partial charge in [0.05, 0.1) is 22.6 Å². The van der Waals surface area contributed by atoms with E-state index in [1.54, 1.807) is 12.1 Å². The maximum atomic E-state index is 13.6. The lowest BCUT2D eigenvalue weighted by atomic mass is 10.0. The van der Waals surface area contributed by atoms with E-state index in [0.717, 1.165) is 30.3 Å². The number of fused-ring (bicyclic) bond motifs is 2. The number of nitro benzene ring substituents is 1. The van der Waals surface area contributed by atoms with Crippen molar-refractivity contribution in [3.8, 4) is 0 Å². The molecule has 0 unspecified atom stereocenters. The highest BCUT2D eigenvalue weighted by atomic mass is 16.6. The zero-order chi connectivity index (χ0) is 21.7. The number of para-hydroxylation sites is 1. The molecule has 3 aromatic rings. The number of carbonyl (C=O) groups excluding carboxylic acids is 1. The van der Waals surface area contributed by atoms with E-state index in [2.05, 4.69) is 29.1 Å². The van der Waals surface area contributed by atoms with Crippen LogP contribution in [0, 0.1) is 16.0 Å². The van der Waals surface area contributed by atoms with E-state index in [4.69, 9.17) is 0 Å². The average Bonchev–Trinajstić information content (AvgIpc) is 3.42. The van der Waals surface area contributed by atoms with Crippen LogP contribution in [-0.2, 0) is 4.79 Å². The Kier molecular flexibility index (Phi) is 4.70. The van der Waals surface area contributed by atoms with E-state index in [0.29, 0.717) is 11.6 Å². The number of aromatic nitrogens is 3. The first-order valence-corrected chi connectivity index (χ1v) is 10.6. The molecule has 5 rings (SSSR count). The smallest absolute Gasteiger partial charge is 0.269 e. The Morgan fingerprint density at radius 1 is 1.10 bits per heavy atom. The van der Waals surface area contributed by atoms with E-state index in [1.165, 1.54) is 12.1 Å². The summed E-state index contributed by atoms with van der Waals surface area (Å²) in [5.74, 6) is 0.391. The Morgan fingerprint density at radius 3 is 2.52 bits per heavy atom. The lowest BCUT2D eigenvalue weighted by Gasteiger charge is -2.29. The number of hydrogen-bond acceptors (Lipinski definition) is 6. The van der Waals surface area contributed by atoms with Crippen LogP contribution in [0.1, 0.15) is 39.3 Å². The van der Waals surface area contributed by atoms with Crippen LogP contribution in [0.4, 0.5) is 11.4 Å². The third kappa shape index (κ3) is 3.16. The van der Waals surface area contributed by atoms with Crippen LogP contribution in [0.2, 0.25) is 0 Å². The van der Waals surface area contributed by atoms with Gasteiger partial charge in [-0.3, -0.25) is 19.8 Å². The van der Waals surface area contributed by atoms with Gasteiger partial charge in [-0.05, 0) is 49.4 Å². The van der Waals surface area contributed by atoms with Crippen molar-refractivity contribution in [3.63, 3.8) is 0 Å². The Bertz CT molecular complexity index is 1140. The first-order valence-electron chi connectivity index (χ1n) is 10.6. The van der Waals surface area contributed by atoms with Crippen LogP contribution in [0.5, 0.6) is 0 Å². The third-order valence-corrected chi connectivity index (χ3v) is 6.24. The number of rotatable bonds is 5. The minimum absolute atomic E-state index is 0.0179. The minimum Gasteiger partial charge on any atom is -0.295 e. The van der Waals surface area contributed by atoms with Crippen LogP contribution >= 0.6 is 0 Å². The number of benzene rings is 2. The molecule has 2 saturated heterocycles. The van der Waals surface area contributed by atoms with Crippen molar-refractivity contribution < 1.29 is 9.72 Å². The van der Waals surface area contributed by atoms with Gasteiger partial charge in [-0.2, -0.15) is 0 Å². The van der Waals surface area contributed by atoms with Crippen molar-refractivity contribution in [1.82, 2.24) is 19.9 Å². The van der Waals surface area contributed by atoms with Gasteiger partial charge >= 0.3 is 0 Å². The predicted octanol–water partition coefficient (Wildman–Crippen LogP) is 3.72. The Morgan fingerprint density at radius 2 is 1.81 bits per heavy atom. The third-order valence-electron chi connectivity index (χ3n) is 6.24. The van der Waals surface area contributed by atoms with Crippen molar-refractivity contribution >= 4 is 28.3 Å². The lowest BCUT2D eigenvalue weighted by molar-refractivity contribution is -0.384. The largest absolute Gasteiger partial charge is 0.295 e. The molecule has 9 heteroatoms. The zero-order valence-corrected chi connectivity index (χ0v) is 17.5. The molecule has 31 heavy (non-hydrogen) atoms. The van der Waals surface area contributed by atoms with Gasteiger partial charge in [0.1, 0.15) is 11.7 Å². The molecule has 2 aromatic carbocycles. The number of nitrogens with zero attached hydrogens (tertiary/aromatic N) is 6. The number of carbonyl (C=O) groups is 1. The summed E-state index contributed by atoms with van der Waals surface area (Å²) in [4.78, 5) is 28.3. The van der Waals surface area contributed by atoms with Crippen LogP contribution < -0.4 is 4.90 Å². The maximum absolute atomic E-state index is 13.6. The molecule has 0 N–H and O–H groups in total. The van der Waals surface area contributed by atoms with Crippen LogP contribution in [-0.4, -0.2) is 42.9 Å². The molecule has 0 aliphatic carbocycles. The number of amides is 1. The summed E-state index contributed by atoms with van der Waals surface area (Å²) in [6, 6.07) is 13.8. The summed E-state index contributed by atoms with van der Waals surface area (Å²) >= 11 is 0. The molecule has 2 fully saturated rings. The van der Waals surface area contributed by atoms with E-state index < -0.39 is 4.92 Å². The van der Waals surface area contributed by atoms with Crippen LogP contribution in [0.15, 0.2) is 48.5 Å². The molecule has 3 atom stereocenters. The molecule has 0 bridgehead atoms. The highest BCUT2D eigenvalue weighted by Crippen LogP contribution is 2.44. The van der Waals surface area contributed by atoms with Crippen molar-refractivity contribution in [3.05, 3.63) is 58.6 Å². The van der Waals surface area contributed by atoms with E-state index in [1.807, 2.05) is 33.8 Å². The Hall–Kier alpha value is -3.33. The first-order chi connectivity index (χ1) is 15.0. The molecule has 1 aromatic heterocycles. The second kappa shape index (κ2) is 7.42. The zero-order valence-electron chi connectivity index (χ0n) is 17.5. The van der Waals surface area contributed by atoms with Crippen LogP contribution in [0.25, 0.3) is 11.0 Å². The fourth-order valence-corrected chi connectivity index (χ4v) is 4.97. The summed E-state index contributed by atoms with van der Waals surface area (Å²) in [7, 11) is 0. The molecular formula is C22H24N6O3. The number of hydrogen-bond donors (Lipinski definition) is 0. The summed E-state index contributed by atoms with van der Waals surface area (Å²) in [5.41, 5.74) is 2.51. The van der Waals surface area contributed by atoms with Gasteiger partial charge in [-0.1, -0.05) is 31.2 Å². The molecule has 3 heterocycles. The average molecular weight is 420 g/mol. The fraction of sp³-hybridized carbons (Fsp3) is 0.409. The summed E-state index contributed by atoms with van der Waals surface area (Å²) < 4.78 is 1.94. The topological polar surface area (TPSA) is 97.4 Å². The SMILES string of the molecule is CC(C)C[C@H]1C(=O)N(c2ccc([N+](=O)[O-])cc2)[C@@H]2CC[C@@H](n3nnc4ccccc43)N12. The number of anilines is 1. The number of nitro groups is 1. The molecule has 0 spiro atoms. The normalized spacial score (nSPS) is 23.8. The minimum atomic E-state index is -0.426. The van der Waals surface area contributed by atoms with E-state index in [-0.39, 0.29) is 30.0 Å². The molecule has 0 saturated carbocycles. The Balaban J connectivity index is 1.54. The summed E-state index contributed by atoms with van der Waals surface area (Å²) in [5, 5.41) is 19.8. The van der Waals surface area contributed by atoms with Crippen molar-refractivity contribution in [2.45, 2.75) is 51.5 Å². The molecule has 2 aliphatic heterocycles. The second-order valence-corrected chi connectivity index (χ2v) is 8.64. The van der Waals surface area contributed by atoms with Gasteiger partial charge in [-0.25, -0.2) is 9.58 Å². The van der Waals surface area contributed by atoms with Gasteiger partial charge in [0.2, 0.25) is 5.91 Å². The van der Waals surface area contributed by atoms with E-state index in [9.17, 15) is 14.9 Å². The second-order valence-electron chi connectivity index (χ2n) is 8.64. The highest BCUT2D eigenvalue weighted by molar-refractivity contribution is 6.00. The van der Waals surface area contributed by atoms with Gasteiger partial charge in [-0.15, -0.1) is 5.10 Å². The van der Waals surface area contributed by atoms with Gasteiger partial charge in [0.15, 0.2) is 0 Å². The Labute approximate surface area is 179 Å². The van der Waals surface area contributed by atoms with Crippen molar-refractivity contribution in [2.24, 2.45) is 5.92 Å².